The van der Waals surface area contributed by atoms with Crippen LogP contribution in [-0.4, -0.2) is 71.8 Å². The van der Waals surface area contributed by atoms with Gasteiger partial charge in [-0.3, -0.25) is 9.59 Å². The fourth-order valence-electron chi connectivity index (χ4n) is 4.77. The largest absolute Gasteiger partial charge is 0.339 e. The number of anilines is 1. The number of carbonyl (C=O) groups excluding carboxylic acids is 3. The van der Waals surface area contributed by atoms with Crippen molar-refractivity contribution in [2.24, 2.45) is 5.92 Å². The number of amides is 4. The molecule has 7 nitrogen and oxygen atoms in total. The van der Waals surface area contributed by atoms with Crippen LogP contribution in [0.3, 0.4) is 0 Å². The Hall–Kier alpha value is -3.42. The van der Waals surface area contributed by atoms with Crippen molar-refractivity contribution >= 4 is 23.5 Å². The molecule has 1 unspecified atom stereocenters. The van der Waals surface area contributed by atoms with Gasteiger partial charge in [0.15, 0.2) is 0 Å². The van der Waals surface area contributed by atoms with E-state index in [0.717, 1.165) is 24.0 Å². The summed E-state index contributed by atoms with van der Waals surface area (Å²) in [5.74, 6) is -0.548. The Balaban J connectivity index is 1.30. The van der Waals surface area contributed by atoms with Gasteiger partial charge in [0.2, 0.25) is 5.91 Å². The van der Waals surface area contributed by atoms with Crippen LogP contribution in [0.15, 0.2) is 42.5 Å². The first kappa shape index (κ1) is 23.7. The Morgan fingerprint density at radius 2 is 1.47 bits per heavy atom. The van der Waals surface area contributed by atoms with Crippen LogP contribution in [0.2, 0.25) is 0 Å². The van der Waals surface area contributed by atoms with Crippen LogP contribution in [0.5, 0.6) is 0 Å². The minimum atomic E-state index is -0.359. The molecule has 1 atom stereocenters. The summed E-state index contributed by atoms with van der Waals surface area (Å²) in [4.78, 5) is 44.0. The van der Waals surface area contributed by atoms with E-state index in [9.17, 15) is 18.8 Å². The van der Waals surface area contributed by atoms with Gasteiger partial charge < -0.3 is 20.0 Å². The molecule has 34 heavy (non-hydrogen) atoms. The lowest BCUT2D eigenvalue weighted by Gasteiger charge is -2.39. The average molecular weight is 467 g/mol. The van der Waals surface area contributed by atoms with Gasteiger partial charge in [-0.05, 0) is 63.1 Å². The van der Waals surface area contributed by atoms with Crippen LogP contribution in [0, 0.1) is 25.6 Å². The van der Waals surface area contributed by atoms with Crippen molar-refractivity contribution in [3.63, 3.8) is 0 Å². The lowest BCUT2D eigenvalue weighted by Crippen LogP contribution is -2.54. The molecule has 2 aromatic carbocycles. The Morgan fingerprint density at radius 1 is 0.853 bits per heavy atom. The standard InChI is InChI=1S/C26H31FN4O3/c1-18-14-19(2)16-21(15-18)25(33)31-9-3-4-20(17-31)24(32)29-10-12-30(13-11-29)26(34)28-23-7-5-22(27)6-8-23/h5-8,14-16,20H,3-4,9-13,17H2,1-2H3,(H,28,34). The quantitative estimate of drug-likeness (QED) is 0.750. The number of rotatable bonds is 3. The van der Waals surface area contributed by atoms with Crippen molar-refractivity contribution in [1.82, 2.24) is 14.7 Å². The van der Waals surface area contributed by atoms with Gasteiger partial charge in [0.05, 0.1) is 5.92 Å². The predicted octanol–water partition coefficient (Wildman–Crippen LogP) is 3.67. The van der Waals surface area contributed by atoms with Gasteiger partial charge in [0.1, 0.15) is 5.82 Å². The van der Waals surface area contributed by atoms with Gasteiger partial charge in [-0.25, -0.2) is 9.18 Å². The minimum Gasteiger partial charge on any atom is -0.339 e. The smallest absolute Gasteiger partial charge is 0.321 e. The summed E-state index contributed by atoms with van der Waals surface area (Å²) in [6, 6.07) is 11.2. The van der Waals surface area contributed by atoms with Gasteiger partial charge >= 0.3 is 6.03 Å². The number of nitrogens with one attached hydrogen (secondary N) is 1. The maximum atomic E-state index is 13.2. The number of halogens is 1. The molecule has 0 aliphatic carbocycles. The molecule has 2 aromatic rings. The summed E-state index contributed by atoms with van der Waals surface area (Å²) in [6.07, 6.45) is 1.56. The van der Waals surface area contributed by atoms with Crippen molar-refractivity contribution < 1.29 is 18.8 Å². The van der Waals surface area contributed by atoms with Gasteiger partial charge in [-0.1, -0.05) is 17.2 Å². The third-order valence-electron chi connectivity index (χ3n) is 6.50. The molecule has 2 heterocycles. The number of piperidine rings is 1. The van der Waals surface area contributed by atoms with Crippen molar-refractivity contribution in [3.8, 4) is 0 Å². The number of benzene rings is 2. The monoisotopic (exact) mass is 466 g/mol. The van der Waals surface area contributed by atoms with E-state index in [1.165, 1.54) is 24.3 Å². The molecule has 2 saturated heterocycles. The summed E-state index contributed by atoms with van der Waals surface area (Å²) >= 11 is 0. The average Bonchev–Trinajstić information content (AvgIpc) is 2.84. The van der Waals surface area contributed by atoms with Crippen molar-refractivity contribution in [2.75, 3.05) is 44.6 Å². The van der Waals surface area contributed by atoms with Crippen LogP contribution in [0.4, 0.5) is 14.9 Å². The maximum absolute atomic E-state index is 13.2. The molecule has 0 spiro atoms. The number of urea groups is 1. The second-order valence-corrected chi connectivity index (χ2v) is 9.22. The van der Waals surface area contributed by atoms with Crippen molar-refractivity contribution in [1.29, 1.82) is 0 Å². The molecule has 180 valence electrons. The predicted molar refractivity (Wildman–Crippen MR) is 128 cm³/mol. The molecule has 0 aromatic heterocycles. The molecule has 2 aliphatic heterocycles. The molecular formula is C26H31FN4O3. The fraction of sp³-hybridized carbons (Fsp3) is 0.423. The van der Waals surface area contributed by atoms with E-state index in [0.29, 0.717) is 50.5 Å². The fourth-order valence-corrected chi connectivity index (χ4v) is 4.77. The third-order valence-corrected chi connectivity index (χ3v) is 6.50. The Kier molecular flexibility index (Phi) is 7.14. The second kappa shape index (κ2) is 10.2. The zero-order valence-electron chi connectivity index (χ0n) is 19.7. The van der Waals surface area contributed by atoms with Crippen LogP contribution in [0.1, 0.15) is 34.3 Å². The molecule has 2 aliphatic rings. The van der Waals surface area contributed by atoms with E-state index < -0.39 is 0 Å². The first-order chi connectivity index (χ1) is 16.3. The van der Waals surface area contributed by atoms with Gasteiger partial charge in [-0.2, -0.15) is 0 Å². The van der Waals surface area contributed by atoms with E-state index in [2.05, 4.69) is 5.32 Å². The first-order valence-corrected chi connectivity index (χ1v) is 11.8. The Labute approximate surface area is 199 Å². The molecular weight excluding hydrogens is 435 g/mol. The highest BCUT2D eigenvalue weighted by Gasteiger charge is 2.33. The number of aryl methyl sites for hydroxylation is 2. The van der Waals surface area contributed by atoms with E-state index in [1.54, 1.807) is 14.7 Å². The summed E-state index contributed by atoms with van der Waals surface area (Å²) in [5.41, 5.74) is 3.30. The summed E-state index contributed by atoms with van der Waals surface area (Å²) in [5, 5.41) is 2.76. The molecule has 2 fully saturated rings. The highest BCUT2D eigenvalue weighted by molar-refractivity contribution is 5.95. The topological polar surface area (TPSA) is 73.0 Å². The van der Waals surface area contributed by atoms with Crippen molar-refractivity contribution in [2.45, 2.75) is 26.7 Å². The first-order valence-electron chi connectivity index (χ1n) is 11.8. The van der Waals surface area contributed by atoms with Gasteiger partial charge in [0.25, 0.3) is 5.91 Å². The molecule has 0 radical (unpaired) electrons. The zero-order valence-corrected chi connectivity index (χ0v) is 19.7. The molecule has 0 bridgehead atoms. The van der Waals surface area contributed by atoms with E-state index in [4.69, 9.17) is 0 Å². The molecule has 1 N–H and O–H groups in total. The summed E-state index contributed by atoms with van der Waals surface area (Å²) < 4.78 is 13.1. The normalized spacial score (nSPS) is 18.6. The lowest BCUT2D eigenvalue weighted by molar-refractivity contribution is -0.138. The Bertz CT molecular complexity index is 1040. The van der Waals surface area contributed by atoms with E-state index in [-0.39, 0.29) is 29.6 Å². The Morgan fingerprint density at radius 3 is 2.12 bits per heavy atom. The van der Waals surface area contributed by atoms with Gasteiger partial charge in [-0.15, -0.1) is 0 Å². The highest BCUT2D eigenvalue weighted by Crippen LogP contribution is 2.22. The number of hydrogen-bond acceptors (Lipinski definition) is 3. The zero-order chi connectivity index (χ0) is 24.2. The second-order valence-electron chi connectivity index (χ2n) is 9.22. The number of likely N-dealkylation sites (tertiary alicyclic amines) is 1. The maximum Gasteiger partial charge on any atom is 0.321 e. The number of nitrogens with zero attached hydrogens (tertiary/aromatic N) is 3. The molecule has 4 amide bonds. The van der Waals surface area contributed by atoms with Crippen LogP contribution < -0.4 is 5.32 Å². The highest BCUT2D eigenvalue weighted by atomic mass is 19.1. The van der Waals surface area contributed by atoms with Crippen molar-refractivity contribution in [3.05, 3.63) is 65.0 Å². The summed E-state index contributed by atoms with van der Waals surface area (Å²) in [7, 11) is 0. The van der Waals surface area contributed by atoms with Gasteiger partial charge in [0, 0.05) is 50.5 Å². The van der Waals surface area contributed by atoms with Crippen LogP contribution in [0.25, 0.3) is 0 Å². The lowest BCUT2D eigenvalue weighted by atomic mass is 9.95. The number of carbonyl (C=O) groups is 3. The van der Waals surface area contributed by atoms with Crippen LogP contribution >= 0.6 is 0 Å². The van der Waals surface area contributed by atoms with E-state index in [1.807, 2.05) is 32.0 Å². The third kappa shape index (κ3) is 5.55. The summed E-state index contributed by atoms with van der Waals surface area (Å²) in [6.45, 7) is 6.81. The molecule has 0 saturated carbocycles. The van der Waals surface area contributed by atoms with Crippen LogP contribution in [-0.2, 0) is 4.79 Å². The van der Waals surface area contributed by atoms with E-state index >= 15 is 0 Å². The molecule has 8 heteroatoms. The minimum absolute atomic E-state index is 0.0217. The number of piperazine rings is 1. The number of hydrogen-bond donors (Lipinski definition) is 1. The molecule has 4 rings (SSSR count). The SMILES string of the molecule is Cc1cc(C)cc(C(=O)N2CCCC(C(=O)N3CCN(C(=O)Nc4ccc(F)cc4)CC3)C2)c1.